The number of hydrogen-bond donors (Lipinski definition) is 1. The topological polar surface area (TPSA) is 21.3 Å². The number of nitrogens with one attached hydrogen (secondary N) is 1. The molecule has 0 saturated carbocycles. The zero-order valence-electron chi connectivity index (χ0n) is 11.4. The highest BCUT2D eigenvalue weighted by molar-refractivity contribution is 5.20. The Bertz CT molecular complexity index is 405. The quantitative estimate of drug-likeness (QED) is 0.888. The fourth-order valence-electron chi connectivity index (χ4n) is 2.64. The van der Waals surface area contributed by atoms with E-state index in [9.17, 15) is 4.39 Å². The number of ether oxygens (including phenoxy) is 1. The maximum Gasteiger partial charge on any atom is 0.127 e. The normalized spacial score (nSPS) is 24.8. The van der Waals surface area contributed by atoms with Crippen molar-refractivity contribution in [1.82, 2.24) is 5.32 Å². The van der Waals surface area contributed by atoms with Crippen molar-refractivity contribution in [1.29, 1.82) is 0 Å². The molecule has 2 nitrogen and oxygen atoms in total. The molecule has 1 aliphatic rings. The summed E-state index contributed by atoms with van der Waals surface area (Å²) in [4.78, 5) is 0. The van der Waals surface area contributed by atoms with Crippen molar-refractivity contribution in [3.63, 3.8) is 0 Å². The van der Waals surface area contributed by atoms with Gasteiger partial charge in [-0.15, -0.1) is 0 Å². The standard InChI is InChI=1S/C15H22FNO/c1-11(13-6-4-5-7-14(13)16)17-12-8-9-18-15(2,3)10-12/h4-7,11-12,17H,8-10H2,1-3H3/t11-,12?/m1/s1. The molecule has 0 amide bonds. The van der Waals surface area contributed by atoms with Gasteiger partial charge in [0.05, 0.1) is 5.60 Å². The van der Waals surface area contributed by atoms with Crippen LogP contribution >= 0.6 is 0 Å². The second kappa shape index (κ2) is 5.37. The molecule has 100 valence electrons. The maximum absolute atomic E-state index is 13.7. The number of halogens is 1. The Morgan fingerprint density at radius 2 is 2.11 bits per heavy atom. The highest BCUT2D eigenvalue weighted by atomic mass is 19.1. The first-order chi connectivity index (χ1) is 8.48. The van der Waals surface area contributed by atoms with E-state index in [0.717, 1.165) is 25.0 Å². The monoisotopic (exact) mass is 251 g/mol. The van der Waals surface area contributed by atoms with E-state index in [2.05, 4.69) is 19.2 Å². The molecule has 1 N–H and O–H groups in total. The van der Waals surface area contributed by atoms with Gasteiger partial charge in [-0.25, -0.2) is 4.39 Å². The van der Waals surface area contributed by atoms with Crippen LogP contribution in [0.3, 0.4) is 0 Å². The molecule has 0 aliphatic carbocycles. The predicted octanol–water partition coefficient (Wildman–Crippen LogP) is 3.43. The van der Waals surface area contributed by atoms with Crippen LogP contribution in [0.25, 0.3) is 0 Å². The highest BCUT2D eigenvalue weighted by Gasteiger charge is 2.29. The van der Waals surface area contributed by atoms with E-state index in [-0.39, 0.29) is 17.5 Å². The molecular formula is C15H22FNO. The zero-order chi connectivity index (χ0) is 13.2. The Labute approximate surface area is 109 Å². The summed E-state index contributed by atoms with van der Waals surface area (Å²) < 4.78 is 19.4. The van der Waals surface area contributed by atoms with Crippen molar-refractivity contribution in [2.24, 2.45) is 0 Å². The van der Waals surface area contributed by atoms with Gasteiger partial charge in [0.15, 0.2) is 0 Å². The summed E-state index contributed by atoms with van der Waals surface area (Å²) >= 11 is 0. The third-order valence-electron chi connectivity index (χ3n) is 3.55. The van der Waals surface area contributed by atoms with Gasteiger partial charge >= 0.3 is 0 Å². The predicted molar refractivity (Wildman–Crippen MR) is 71.0 cm³/mol. The summed E-state index contributed by atoms with van der Waals surface area (Å²) in [6, 6.07) is 7.39. The van der Waals surface area contributed by atoms with Crippen molar-refractivity contribution in [3.8, 4) is 0 Å². The molecule has 1 saturated heterocycles. The van der Waals surface area contributed by atoms with Crippen molar-refractivity contribution < 1.29 is 9.13 Å². The Morgan fingerprint density at radius 1 is 1.39 bits per heavy atom. The van der Waals surface area contributed by atoms with E-state index in [1.807, 2.05) is 19.1 Å². The van der Waals surface area contributed by atoms with Gasteiger partial charge in [0.2, 0.25) is 0 Å². The maximum atomic E-state index is 13.7. The van der Waals surface area contributed by atoms with Crippen LogP contribution in [-0.4, -0.2) is 18.2 Å². The molecule has 0 radical (unpaired) electrons. The Balaban J connectivity index is 1.99. The van der Waals surface area contributed by atoms with Crippen molar-refractivity contribution in [3.05, 3.63) is 35.6 Å². The first kappa shape index (κ1) is 13.5. The van der Waals surface area contributed by atoms with Crippen molar-refractivity contribution in [2.45, 2.75) is 51.3 Å². The fourth-order valence-corrected chi connectivity index (χ4v) is 2.64. The molecule has 2 rings (SSSR count). The van der Waals surface area contributed by atoms with Gasteiger partial charge in [0, 0.05) is 24.3 Å². The van der Waals surface area contributed by atoms with Gasteiger partial charge in [-0.05, 0) is 39.7 Å². The lowest BCUT2D eigenvalue weighted by molar-refractivity contribution is -0.0640. The van der Waals surface area contributed by atoms with Gasteiger partial charge in [0.25, 0.3) is 0 Å². The van der Waals surface area contributed by atoms with E-state index in [4.69, 9.17) is 4.74 Å². The van der Waals surface area contributed by atoms with Gasteiger partial charge in [-0.2, -0.15) is 0 Å². The summed E-state index contributed by atoms with van der Waals surface area (Å²) in [5.41, 5.74) is 0.659. The Morgan fingerprint density at radius 3 is 2.78 bits per heavy atom. The van der Waals surface area contributed by atoms with Gasteiger partial charge < -0.3 is 10.1 Å². The second-order valence-corrected chi connectivity index (χ2v) is 5.71. The van der Waals surface area contributed by atoms with Crippen LogP contribution in [0.5, 0.6) is 0 Å². The molecule has 1 aliphatic heterocycles. The van der Waals surface area contributed by atoms with Gasteiger partial charge in [-0.1, -0.05) is 18.2 Å². The van der Waals surface area contributed by atoms with E-state index < -0.39 is 0 Å². The molecule has 0 spiro atoms. The van der Waals surface area contributed by atoms with Gasteiger partial charge in [-0.3, -0.25) is 0 Å². The van der Waals surface area contributed by atoms with E-state index in [1.54, 1.807) is 6.07 Å². The third kappa shape index (κ3) is 3.30. The molecule has 0 bridgehead atoms. The summed E-state index contributed by atoms with van der Waals surface area (Å²) in [6.45, 7) is 7.00. The lowest BCUT2D eigenvalue weighted by atomic mass is 9.93. The minimum Gasteiger partial charge on any atom is -0.375 e. The lowest BCUT2D eigenvalue weighted by Crippen LogP contribution is -2.44. The molecule has 0 aromatic heterocycles. The number of rotatable bonds is 3. The molecule has 1 aromatic carbocycles. The average molecular weight is 251 g/mol. The highest BCUT2D eigenvalue weighted by Crippen LogP contribution is 2.26. The SMILES string of the molecule is C[C@@H](NC1CCOC(C)(C)C1)c1ccccc1F. The zero-order valence-corrected chi connectivity index (χ0v) is 11.4. The lowest BCUT2D eigenvalue weighted by Gasteiger charge is -2.37. The Kier molecular flexibility index (Phi) is 4.03. The van der Waals surface area contributed by atoms with Crippen molar-refractivity contribution >= 4 is 0 Å². The molecule has 1 heterocycles. The summed E-state index contributed by atoms with van der Waals surface area (Å²) in [5, 5.41) is 3.51. The largest absolute Gasteiger partial charge is 0.375 e. The number of benzene rings is 1. The van der Waals surface area contributed by atoms with Crippen LogP contribution in [0.15, 0.2) is 24.3 Å². The van der Waals surface area contributed by atoms with Crippen LogP contribution in [0.4, 0.5) is 4.39 Å². The van der Waals surface area contributed by atoms with E-state index >= 15 is 0 Å². The molecule has 1 aromatic rings. The number of hydrogen-bond acceptors (Lipinski definition) is 2. The molecular weight excluding hydrogens is 229 g/mol. The van der Waals surface area contributed by atoms with E-state index in [0.29, 0.717) is 6.04 Å². The summed E-state index contributed by atoms with van der Waals surface area (Å²) in [6.07, 6.45) is 1.95. The third-order valence-corrected chi connectivity index (χ3v) is 3.55. The average Bonchev–Trinajstić information content (AvgIpc) is 2.28. The Hall–Kier alpha value is -0.930. The minimum absolute atomic E-state index is 0.0325. The smallest absolute Gasteiger partial charge is 0.127 e. The minimum atomic E-state index is -0.135. The van der Waals surface area contributed by atoms with Crippen LogP contribution < -0.4 is 5.32 Å². The molecule has 3 heteroatoms. The molecule has 1 unspecified atom stereocenters. The van der Waals surface area contributed by atoms with Crippen LogP contribution in [-0.2, 0) is 4.74 Å². The second-order valence-electron chi connectivity index (χ2n) is 5.71. The van der Waals surface area contributed by atoms with E-state index in [1.165, 1.54) is 6.07 Å². The van der Waals surface area contributed by atoms with Crippen LogP contribution in [0.2, 0.25) is 0 Å². The summed E-state index contributed by atoms with van der Waals surface area (Å²) in [5.74, 6) is -0.135. The molecule has 1 fully saturated rings. The first-order valence-corrected chi connectivity index (χ1v) is 6.62. The van der Waals surface area contributed by atoms with Crippen molar-refractivity contribution in [2.75, 3.05) is 6.61 Å². The fraction of sp³-hybridized carbons (Fsp3) is 0.600. The molecule has 18 heavy (non-hydrogen) atoms. The first-order valence-electron chi connectivity index (χ1n) is 6.62. The van der Waals surface area contributed by atoms with Gasteiger partial charge in [0.1, 0.15) is 5.82 Å². The summed E-state index contributed by atoms with van der Waals surface area (Å²) in [7, 11) is 0. The van der Waals surface area contributed by atoms with Crippen LogP contribution in [0.1, 0.15) is 45.2 Å². The molecule has 2 atom stereocenters. The van der Waals surface area contributed by atoms with Crippen LogP contribution in [0, 0.1) is 5.82 Å².